The van der Waals surface area contributed by atoms with Crippen LogP contribution in [-0.2, 0) is 24.3 Å². The number of hydrogen-bond acceptors (Lipinski definition) is 5. The number of methoxy groups -OCH3 is 1. The number of carbonyl (C=O) groups excluding carboxylic acids is 1. The monoisotopic (exact) mass is 328 g/mol. The van der Waals surface area contributed by atoms with Crippen LogP contribution in [0, 0.1) is 0 Å². The Morgan fingerprint density at radius 3 is 2.59 bits per heavy atom. The molecule has 1 aliphatic heterocycles. The van der Waals surface area contributed by atoms with Gasteiger partial charge in [-0.25, -0.2) is 8.42 Å². The van der Waals surface area contributed by atoms with Crippen molar-refractivity contribution in [2.45, 2.75) is 6.42 Å². The summed E-state index contributed by atoms with van der Waals surface area (Å²) in [5.41, 5.74) is 1.22. The molecule has 1 saturated heterocycles. The summed E-state index contributed by atoms with van der Waals surface area (Å²) in [5.74, 6) is -0.0812. The third-order valence-electron chi connectivity index (χ3n) is 3.20. The molecule has 0 saturated carbocycles. The molecule has 0 bridgehead atoms. The van der Waals surface area contributed by atoms with Crippen molar-refractivity contribution in [1.82, 2.24) is 0 Å². The summed E-state index contributed by atoms with van der Waals surface area (Å²) in [7, 11) is -1.62. The molecule has 22 heavy (non-hydrogen) atoms. The van der Waals surface area contributed by atoms with Gasteiger partial charge in [0.25, 0.3) is 0 Å². The van der Waals surface area contributed by atoms with Crippen LogP contribution in [0.15, 0.2) is 24.3 Å². The van der Waals surface area contributed by atoms with E-state index in [9.17, 15) is 13.2 Å². The number of ether oxygens (including phenoxy) is 2. The van der Waals surface area contributed by atoms with Gasteiger partial charge in [-0.15, -0.1) is 0 Å². The molecule has 0 unspecified atom stereocenters. The molecule has 0 spiro atoms. The minimum absolute atomic E-state index is 0.0500. The number of hydrogen-bond donors (Lipinski definition) is 1. The lowest BCUT2D eigenvalue weighted by molar-refractivity contribution is -0.121. The van der Waals surface area contributed by atoms with Crippen LogP contribution in [0.2, 0.25) is 0 Å². The Labute approximate surface area is 130 Å². The summed E-state index contributed by atoms with van der Waals surface area (Å²) in [6.45, 7) is 1.24. The van der Waals surface area contributed by atoms with Gasteiger partial charge in [0.2, 0.25) is 15.9 Å². The van der Waals surface area contributed by atoms with Gasteiger partial charge in [-0.1, -0.05) is 0 Å². The minimum atomic E-state index is -3.18. The number of nitrogens with one attached hydrogen (secondary N) is 1. The maximum Gasteiger partial charge on any atom is 0.250 e. The highest BCUT2D eigenvalue weighted by molar-refractivity contribution is 7.93. The van der Waals surface area contributed by atoms with Crippen LogP contribution in [0.25, 0.3) is 0 Å². The van der Waals surface area contributed by atoms with Crippen molar-refractivity contribution in [3.8, 4) is 0 Å². The molecule has 1 aliphatic rings. The lowest BCUT2D eigenvalue weighted by Crippen LogP contribution is -2.25. The zero-order chi connectivity index (χ0) is 16.0. The molecular weight excluding hydrogens is 308 g/mol. The van der Waals surface area contributed by atoms with Crippen LogP contribution >= 0.6 is 0 Å². The molecule has 122 valence electrons. The van der Waals surface area contributed by atoms with Gasteiger partial charge in [0, 0.05) is 19.3 Å². The lowest BCUT2D eigenvalue weighted by atomic mass is 10.2. The molecule has 1 fully saturated rings. The van der Waals surface area contributed by atoms with Crippen LogP contribution in [0.5, 0.6) is 0 Å². The largest absolute Gasteiger partial charge is 0.382 e. The summed E-state index contributed by atoms with van der Waals surface area (Å²) >= 11 is 0. The van der Waals surface area contributed by atoms with Crippen LogP contribution in [0.3, 0.4) is 0 Å². The zero-order valence-electron chi connectivity index (χ0n) is 12.4. The number of rotatable bonds is 7. The molecule has 0 atom stereocenters. The van der Waals surface area contributed by atoms with E-state index in [1.165, 1.54) is 4.31 Å². The molecule has 8 heteroatoms. The molecule has 2 rings (SSSR count). The van der Waals surface area contributed by atoms with E-state index in [0.717, 1.165) is 0 Å². The summed E-state index contributed by atoms with van der Waals surface area (Å²) in [6, 6.07) is 6.72. The first-order chi connectivity index (χ1) is 10.5. The van der Waals surface area contributed by atoms with Gasteiger partial charge in [-0.05, 0) is 30.7 Å². The molecule has 1 aromatic carbocycles. The minimum Gasteiger partial charge on any atom is -0.382 e. The molecule has 0 aromatic heterocycles. The Hall–Kier alpha value is -1.64. The standard InChI is InChI=1S/C14H20N2O5S/c1-20-8-9-21-11-14(17)15-12-3-5-13(6-4-12)16-7-2-10-22(16,18)19/h3-6H,2,7-11H2,1H3,(H,15,17). The fourth-order valence-electron chi connectivity index (χ4n) is 2.14. The van der Waals surface area contributed by atoms with E-state index in [1.54, 1.807) is 31.4 Å². The van der Waals surface area contributed by atoms with Gasteiger partial charge >= 0.3 is 0 Å². The Morgan fingerprint density at radius 2 is 2.00 bits per heavy atom. The summed E-state index contributed by atoms with van der Waals surface area (Å²) in [6.07, 6.45) is 0.639. The van der Waals surface area contributed by atoms with Gasteiger partial charge in [0.05, 0.1) is 24.7 Å². The average Bonchev–Trinajstić information content (AvgIpc) is 2.84. The van der Waals surface area contributed by atoms with Crippen LogP contribution in [0.1, 0.15) is 6.42 Å². The fraction of sp³-hybridized carbons (Fsp3) is 0.500. The maximum absolute atomic E-state index is 11.8. The third kappa shape index (κ3) is 4.43. The molecule has 1 amide bonds. The Morgan fingerprint density at radius 1 is 1.27 bits per heavy atom. The van der Waals surface area contributed by atoms with Crippen LogP contribution in [0.4, 0.5) is 11.4 Å². The number of anilines is 2. The first kappa shape index (κ1) is 16.7. The second-order valence-corrected chi connectivity index (χ2v) is 6.89. The fourth-order valence-corrected chi connectivity index (χ4v) is 3.71. The smallest absolute Gasteiger partial charge is 0.250 e. The Bertz CT molecular complexity index is 600. The van der Waals surface area contributed by atoms with Crippen LogP contribution in [-0.4, -0.2) is 53.6 Å². The topological polar surface area (TPSA) is 84.9 Å². The van der Waals surface area contributed by atoms with Crippen LogP contribution < -0.4 is 9.62 Å². The molecule has 1 N–H and O–H groups in total. The van der Waals surface area contributed by atoms with Crippen molar-refractivity contribution in [2.24, 2.45) is 0 Å². The summed E-state index contributed by atoms with van der Waals surface area (Å²) in [5, 5.41) is 2.68. The number of carbonyl (C=O) groups is 1. The number of nitrogens with zero attached hydrogens (tertiary/aromatic N) is 1. The predicted octanol–water partition coefficient (Wildman–Crippen LogP) is 0.828. The van der Waals surface area contributed by atoms with E-state index in [4.69, 9.17) is 9.47 Å². The molecule has 1 heterocycles. The highest BCUT2D eigenvalue weighted by Crippen LogP contribution is 2.25. The van der Waals surface area contributed by atoms with Crippen molar-refractivity contribution < 1.29 is 22.7 Å². The Balaban J connectivity index is 1.88. The SMILES string of the molecule is COCCOCC(=O)Nc1ccc(N2CCCS2(=O)=O)cc1. The highest BCUT2D eigenvalue weighted by Gasteiger charge is 2.28. The molecule has 7 nitrogen and oxygen atoms in total. The van der Waals surface area contributed by atoms with Gasteiger partial charge in [-0.3, -0.25) is 9.10 Å². The van der Waals surface area contributed by atoms with E-state index in [-0.39, 0.29) is 18.3 Å². The summed E-state index contributed by atoms with van der Waals surface area (Å²) in [4.78, 5) is 11.6. The van der Waals surface area contributed by atoms with Crippen molar-refractivity contribution in [3.05, 3.63) is 24.3 Å². The van der Waals surface area contributed by atoms with Gasteiger partial charge < -0.3 is 14.8 Å². The quantitative estimate of drug-likeness (QED) is 0.749. The van der Waals surface area contributed by atoms with Gasteiger partial charge in [0.15, 0.2) is 0 Å². The summed E-state index contributed by atoms with van der Waals surface area (Å²) < 4.78 is 35.0. The van der Waals surface area contributed by atoms with Crippen molar-refractivity contribution >= 4 is 27.3 Å². The van der Waals surface area contributed by atoms with E-state index < -0.39 is 10.0 Å². The average molecular weight is 328 g/mol. The number of benzene rings is 1. The first-order valence-electron chi connectivity index (χ1n) is 7.00. The van der Waals surface area contributed by atoms with E-state index in [1.807, 2.05) is 0 Å². The highest BCUT2D eigenvalue weighted by atomic mass is 32.2. The van der Waals surface area contributed by atoms with Crippen molar-refractivity contribution in [2.75, 3.05) is 48.9 Å². The van der Waals surface area contributed by atoms with Crippen molar-refractivity contribution in [3.63, 3.8) is 0 Å². The zero-order valence-corrected chi connectivity index (χ0v) is 13.3. The lowest BCUT2D eigenvalue weighted by Gasteiger charge is -2.17. The van der Waals surface area contributed by atoms with Gasteiger partial charge in [0.1, 0.15) is 6.61 Å². The molecule has 1 aromatic rings. The van der Waals surface area contributed by atoms with E-state index in [0.29, 0.717) is 37.6 Å². The third-order valence-corrected chi connectivity index (χ3v) is 5.07. The molecule has 0 radical (unpaired) electrons. The van der Waals surface area contributed by atoms with Gasteiger partial charge in [-0.2, -0.15) is 0 Å². The van der Waals surface area contributed by atoms with E-state index in [2.05, 4.69) is 5.32 Å². The second-order valence-electron chi connectivity index (χ2n) is 4.88. The molecular formula is C14H20N2O5S. The predicted molar refractivity (Wildman–Crippen MR) is 83.5 cm³/mol. The second kappa shape index (κ2) is 7.57. The Kier molecular flexibility index (Phi) is 5.76. The number of sulfonamides is 1. The first-order valence-corrected chi connectivity index (χ1v) is 8.61. The number of amides is 1. The molecule has 0 aliphatic carbocycles. The normalized spacial score (nSPS) is 16.7. The van der Waals surface area contributed by atoms with Crippen molar-refractivity contribution in [1.29, 1.82) is 0 Å². The van der Waals surface area contributed by atoms with E-state index >= 15 is 0 Å². The maximum atomic E-state index is 11.8.